The third-order valence-electron chi connectivity index (χ3n) is 3.19. The zero-order valence-corrected chi connectivity index (χ0v) is 10.5. The van der Waals surface area contributed by atoms with E-state index >= 15 is 0 Å². The highest BCUT2D eigenvalue weighted by Gasteiger charge is 2.22. The topological polar surface area (TPSA) is 38.3 Å². The lowest BCUT2D eigenvalue weighted by molar-refractivity contribution is 0.0526. The number of hydrogen-bond acceptors (Lipinski definition) is 3. The quantitative estimate of drug-likeness (QED) is 0.812. The maximum atomic E-state index is 11.7. The van der Waals surface area contributed by atoms with Gasteiger partial charge in [-0.15, -0.1) is 0 Å². The molecule has 0 bridgehead atoms. The van der Waals surface area contributed by atoms with Crippen molar-refractivity contribution in [3.05, 3.63) is 34.9 Å². The molecule has 0 spiro atoms. The Hall–Kier alpha value is -1.35. The number of ether oxygens (including phenoxy) is 1. The number of fused-ring (bicyclic) bond motifs is 1. The summed E-state index contributed by atoms with van der Waals surface area (Å²) >= 11 is 0. The summed E-state index contributed by atoms with van der Waals surface area (Å²) < 4.78 is 5.02. The number of esters is 1. The van der Waals surface area contributed by atoms with Crippen LogP contribution in [0.2, 0.25) is 0 Å². The zero-order valence-electron chi connectivity index (χ0n) is 10.5. The molecule has 17 heavy (non-hydrogen) atoms. The second kappa shape index (κ2) is 5.32. The van der Waals surface area contributed by atoms with Gasteiger partial charge >= 0.3 is 5.97 Å². The lowest BCUT2D eigenvalue weighted by Gasteiger charge is -2.13. The smallest absolute Gasteiger partial charge is 0.338 e. The number of benzene rings is 1. The molecule has 0 radical (unpaired) electrons. The van der Waals surface area contributed by atoms with E-state index in [1.54, 1.807) is 0 Å². The van der Waals surface area contributed by atoms with E-state index in [4.69, 9.17) is 4.74 Å². The number of carbonyl (C=O) groups excluding carboxylic acids is 1. The van der Waals surface area contributed by atoms with Crippen molar-refractivity contribution >= 4 is 5.97 Å². The molecule has 0 amide bonds. The average molecular weight is 233 g/mol. The average Bonchev–Trinajstić information content (AvgIpc) is 2.73. The highest BCUT2D eigenvalue weighted by molar-refractivity contribution is 5.89. The van der Waals surface area contributed by atoms with Gasteiger partial charge in [0.2, 0.25) is 0 Å². The third kappa shape index (κ3) is 2.50. The molecule has 0 saturated heterocycles. The van der Waals surface area contributed by atoms with E-state index in [0.717, 1.165) is 19.4 Å². The fourth-order valence-corrected chi connectivity index (χ4v) is 2.40. The van der Waals surface area contributed by atoms with E-state index in [-0.39, 0.29) is 5.97 Å². The summed E-state index contributed by atoms with van der Waals surface area (Å²) in [5.41, 5.74) is 3.27. The number of hydrogen-bond donors (Lipinski definition) is 1. The summed E-state index contributed by atoms with van der Waals surface area (Å²) in [5, 5.41) is 3.45. The van der Waals surface area contributed by atoms with Crippen LogP contribution in [0.25, 0.3) is 0 Å². The molecule has 0 heterocycles. The Kier molecular flexibility index (Phi) is 3.79. The Morgan fingerprint density at radius 2 is 2.29 bits per heavy atom. The Balaban J connectivity index is 2.23. The standard InChI is InChI=1S/C14H19NO2/c1-3-15-13-8-7-10-5-6-11(9-12(10)13)14(16)17-4-2/h5-6,9,13,15H,3-4,7-8H2,1-2H3/t13-/m1/s1. The first-order valence-electron chi connectivity index (χ1n) is 6.29. The second-order valence-electron chi connectivity index (χ2n) is 4.28. The molecule has 1 aromatic rings. The molecular weight excluding hydrogens is 214 g/mol. The number of nitrogens with one attached hydrogen (secondary N) is 1. The number of carbonyl (C=O) groups is 1. The van der Waals surface area contributed by atoms with Crippen molar-refractivity contribution < 1.29 is 9.53 Å². The fourth-order valence-electron chi connectivity index (χ4n) is 2.40. The Morgan fingerprint density at radius 3 is 3.00 bits per heavy atom. The first kappa shape index (κ1) is 12.1. The van der Waals surface area contributed by atoms with Crippen molar-refractivity contribution in [3.8, 4) is 0 Å². The van der Waals surface area contributed by atoms with Gasteiger partial charge < -0.3 is 10.1 Å². The van der Waals surface area contributed by atoms with Gasteiger partial charge in [-0.3, -0.25) is 0 Å². The van der Waals surface area contributed by atoms with E-state index in [9.17, 15) is 4.79 Å². The van der Waals surface area contributed by atoms with Gasteiger partial charge in [-0.1, -0.05) is 13.0 Å². The first-order chi connectivity index (χ1) is 8.26. The van der Waals surface area contributed by atoms with Crippen LogP contribution in [0.4, 0.5) is 0 Å². The predicted molar refractivity (Wildman–Crippen MR) is 67.1 cm³/mol. The molecule has 0 unspecified atom stereocenters. The highest BCUT2D eigenvalue weighted by Crippen LogP contribution is 2.31. The van der Waals surface area contributed by atoms with Gasteiger partial charge in [0.15, 0.2) is 0 Å². The van der Waals surface area contributed by atoms with Crippen LogP contribution < -0.4 is 5.32 Å². The van der Waals surface area contributed by atoms with Gasteiger partial charge in [0, 0.05) is 6.04 Å². The molecule has 1 atom stereocenters. The summed E-state index contributed by atoms with van der Waals surface area (Å²) in [6, 6.07) is 6.29. The van der Waals surface area contributed by atoms with Crippen LogP contribution in [-0.2, 0) is 11.2 Å². The lowest BCUT2D eigenvalue weighted by Crippen LogP contribution is -2.18. The van der Waals surface area contributed by atoms with Crippen molar-refractivity contribution in [2.45, 2.75) is 32.7 Å². The summed E-state index contributed by atoms with van der Waals surface area (Å²) in [5.74, 6) is -0.225. The predicted octanol–water partition coefficient (Wildman–Crippen LogP) is 2.46. The molecule has 1 aliphatic rings. The van der Waals surface area contributed by atoms with Crippen LogP contribution >= 0.6 is 0 Å². The van der Waals surface area contributed by atoms with Gasteiger partial charge in [0.25, 0.3) is 0 Å². The van der Waals surface area contributed by atoms with Crippen LogP contribution in [0.5, 0.6) is 0 Å². The minimum absolute atomic E-state index is 0.225. The first-order valence-corrected chi connectivity index (χ1v) is 6.29. The van der Waals surface area contributed by atoms with Gasteiger partial charge in [-0.05, 0) is 49.6 Å². The highest BCUT2D eigenvalue weighted by atomic mass is 16.5. The lowest BCUT2D eigenvalue weighted by atomic mass is 10.0. The molecule has 0 saturated carbocycles. The van der Waals surface area contributed by atoms with Crippen LogP contribution in [0.15, 0.2) is 18.2 Å². The SMILES string of the molecule is CCN[C@@H]1CCc2ccc(C(=O)OCC)cc21. The summed E-state index contributed by atoms with van der Waals surface area (Å²) in [6.07, 6.45) is 2.21. The van der Waals surface area contributed by atoms with Crippen molar-refractivity contribution in [2.24, 2.45) is 0 Å². The minimum atomic E-state index is -0.225. The Labute approximate surface area is 102 Å². The van der Waals surface area contributed by atoms with Gasteiger partial charge in [-0.2, -0.15) is 0 Å². The number of rotatable bonds is 4. The monoisotopic (exact) mass is 233 g/mol. The maximum Gasteiger partial charge on any atom is 0.338 e. The molecule has 0 aromatic heterocycles. The largest absolute Gasteiger partial charge is 0.462 e. The number of aryl methyl sites for hydroxylation is 1. The molecule has 3 heteroatoms. The zero-order chi connectivity index (χ0) is 12.3. The Morgan fingerprint density at radius 1 is 1.47 bits per heavy atom. The summed E-state index contributed by atoms with van der Waals surface area (Å²) in [6.45, 7) is 5.31. The van der Waals surface area contributed by atoms with E-state index in [2.05, 4.69) is 18.3 Å². The summed E-state index contributed by atoms with van der Waals surface area (Å²) in [4.78, 5) is 11.7. The fraction of sp³-hybridized carbons (Fsp3) is 0.500. The molecule has 1 aromatic carbocycles. The van der Waals surface area contributed by atoms with Gasteiger partial charge in [0.05, 0.1) is 12.2 Å². The molecule has 92 valence electrons. The van der Waals surface area contributed by atoms with Crippen molar-refractivity contribution in [1.82, 2.24) is 5.32 Å². The third-order valence-corrected chi connectivity index (χ3v) is 3.19. The minimum Gasteiger partial charge on any atom is -0.462 e. The van der Waals surface area contributed by atoms with Crippen LogP contribution in [0, 0.1) is 0 Å². The van der Waals surface area contributed by atoms with Crippen LogP contribution in [0.1, 0.15) is 47.8 Å². The van der Waals surface area contributed by atoms with Crippen molar-refractivity contribution in [1.29, 1.82) is 0 Å². The van der Waals surface area contributed by atoms with Crippen LogP contribution in [-0.4, -0.2) is 19.1 Å². The van der Waals surface area contributed by atoms with Crippen molar-refractivity contribution in [3.63, 3.8) is 0 Å². The van der Waals surface area contributed by atoms with E-state index < -0.39 is 0 Å². The molecule has 0 fully saturated rings. The maximum absolute atomic E-state index is 11.7. The van der Waals surface area contributed by atoms with E-state index in [1.165, 1.54) is 11.1 Å². The van der Waals surface area contributed by atoms with Crippen LogP contribution in [0.3, 0.4) is 0 Å². The molecule has 1 aliphatic carbocycles. The molecular formula is C14H19NO2. The van der Waals surface area contributed by atoms with Gasteiger partial charge in [0.1, 0.15) is 0 Å². The molecule has 3 nitrogen and oxygen atoms in total. The normalized spacial score (nSPS) is 17.9. The second-order valence-corrected chi connectivity index (χ2v) is 4.28. The van der Waals surface area contributed by atoms with E-state index in [1.807, 2.05) is 19.1 Å². The molecule has 2 rings (SSSR count). The Bertz CT molecular complexity index is 413. The molecule has 1 N–H and O–H groups in total. The summed E-state index contributed by atoms with van der Waals surface area (Å²) in [7, 11) is 0. The molecule has 0 aliphatic heterocycles. The van der Waals surface area contributed by atoms with Gasteiger partial charge in [-0.25, -0.2) is 4.79 Å². The van der Waals surface area contributed by atoms with Crippen molar-refractivity contribution in [2.75, 3.05) is 13.2 Å². The van der Waals surface area contributed by atoms with E-state index in [0.29, 0.717) is 18.2 Å².